The summed E-state index contributed by atoms with van der Waals surface area (Å²) in [4.78, 5) is 13.7. The van der Waals surface area contributed by atoms with Crippen molar-refractivity contribution in [3.05, 3.63) is 0 Å². The minimum absolute atomic E-state index is 0.0478. The number of fused-ring (bicyclic) bond motifs is 2. The van der Waals surface area contributed by atoms with Crippen molar-refractivity contribution >= 4 is 5.78 Å². The molecule has 0 amide bonds. The zero-order valence-corrected chi connectivity index (χ0v) is 16.8. The summed E-state index contributed by atoms with van der Waals surface area (Å²) in [5.41, 5.74) is -2.71. The summed E-state index contributed by atoms with van der Waals surface area (Å²) in [5, 5.41) is 45.7. The fourth-order valence-corrected chi connectivity index (χ4v) is 8.46. The van der Waals surface area contributed by atoms with Crippen LogP contribution >= 0.6 is 0 Å². The number of methoxy groups -OCH3 is 1. The maximum Gasteiger partial charge on any atom is 0.205 e. The lowest BCUT2D eigenvalue weighted by atomic mass is 9.35. The summed E-state index contributed by atoms with van der Waals surface area (Å²) in [6, 6.07) is 0. The standard InChI is InChI=1S/C21H32O7/c1-18(2)5-4-13(23)19-9-28-21(26,17(25)15(18)19)20-7-10(6-12(22)14(19)20)11(8-27-3)16(20)24/h10-15,17,22-23,25-26H,4-9H2,1-3H3/t10-,11-,12-,13+,14+,15-,17+,19+,20+,21+/m1/s1. The molecule has 6 aliphatic rings. The van der Waals surface area contributed by atoms with Crippen LogP contribution in [0.3, 0.4) is 0 Å². The summed E-state index contributed by atoms with van der Waals surface area (Å²) < 4.78 is 11.2. The van der Waals surface area contributed by atoms with Gasteiger partial charge in [-0.05, 0) is 37.0 Å². The number of aliphatic hydroxyl groups is 4. The van der Waals surface area contributed by atoms with Crippen molar-refractivity contribution in [2.24, 2.45) is 39.9 Å². The van der Waals surface area contributed by atoms with E-state index in [0.29, 0.717) is 25.7 Å². The Balaban J connectivity index is 1.75. The lowest BCUT2D eigenvalue weighted by molar-refractivity contribution is -0.455. The quantitative estimate of drug-likeness (QED) is 0.522. The van der Waals surface area contributed by atoms with E-state index in [1.54, 1.807) is 0 Å². The normalized spacial score (nSPS) is 59.1. The molecule has 7 heteroatoms. The van der Waals surface area contributed by atoms with Crippen LogP contribution in [0.5, 0.6) is 0 Å². The number of aliphatic hydroxyl groups excluding tert-OH is 3. The largest absolute Gasteiger partial charge is 0.393 e. The van der Waals surface area contributed by atoms with E-state index in [2.05, 4.69) is 0 Å². The summed E-state index contributed by atoms with van der Waals surface area (Å²) in [6.45, 7) is 4.34. The van der Waals surface area contributed by atoms with Crippen LogP contribution in [0.15, 0.2) is 0 Å². The SMILES string of the molecule is COC[C@H]1C(=O)[C@]23C[C@H]1C[C@@H](O)[C@H]2[C@@]12CO[C@@]3(O)[C@@H](O)[C@@H]1C(C)(C)CC[C@@H]2O. The number of hydrogen-bond acceptors (Lipinski definition) is 7. The maximum absolute atomic E-state index is 13.7. The van der Waals surface area contributed by atoms with Crippen LogP contribution in [0.1, 0.15) is 39.5 Å². The van der Waals surface area contributed by atoms with E-state index in [9.17, 15) is 25.2 Å². The van der Waals surface area contributed by atoms with Crippen LogP contribution in [0, 0.1) is 39.9 Å². The highest BCUT2D eigenvalue weighted by Crippen LogP contribution is 2.76. The molecule has 10 atom stereocenters. The average molecular weight is 396 g/mol. The Morgan fingerprint density at radius 2 is 1.93 bits per heavy atom. The van der Waals surface area contributed by atoms with Crippen LogP contribution in [-0.2, 0) is 14.3 Å². The Morgan fingerprint density at radius 3 is 2.61 bits per heavy atom. The molecule has 2 spiro atoms. The van der Waals surface area contributed by atoms with Crippen molar-refractivity contribution in [1.29, 1.82) is 0 Å². The van der Waals surface area contributed by atoms with E-state index < -0.39 is 52.7 Å². The molecule has 0 aromatic heterocycles. The molecular formula is C21H32O7. The molecule has 6 fully saturated rings. The lowest BCUT2D eigenvalue weighted by Crippen LogP contribution is -2.85. The predicted molar refractivity (Wildman–Crippen MR) is 96.9 cm³/mol. The van der Waals surface area contributed by atoms with Gasteiger partial charge in [0.1, 0.15) is 6.10 Å². The second-order valence-electron chi connectivity index (χ2n) is 10.7. The third-order valence-corrected chi connectivity index (χ3v) is 9.32. The van der Waals surface area contributed by atoms with Gasteiger partial charge in [0, 0.05) is 30.3 Å². The van der Waals surface area contributed by atoms with Gasteiger partial charge in [-0.15, -0.1) is 0 Å². The van der Waals surface area contributed by atoms with Crippen molar-refractivity contribution in [3.63, 3.8) is 0 Å². The highest BCUT2D eigenvalue weighted by Gasteiger charge is 2.86. The first-order valence-electron chi connectivity index (χ1n) is 10.5. The number of carbonyl (C=O) groups is 1. The molecule has 7 nitrogen and oxygen atoms in total. The minimum atomic E-state index is -2.04. The van der Waals surface area contributed by atoms with Crippen molar-refractivity contribution in [2.75, 3.05) is 20.3 Å². The molecule has 6 rings (SSSR count). The number of hydrogen-bond donors (Lipinski definition) is 4. The zero-order valence-electron chi connectivity index (χ0n) is 16.8. The van der Waals surface area contributed by atoms with Gasteiger partial charge in [-0.3, -0.25) is 4.79 Å². The van der Waals surface area contributed by atoms with Crippen LogP contribution in [0.25, 0.3) is 0 Å². The first-order valence-corrected chi connectivity index (χ1v) is 10.5. The molecular weight excluding hydrogens is 364 g/mol. The van der Waals surface area contributed by atoms with Gasteiger partial charge in [-0.25, -0.2) is 0 Å². The first-order chi connectivity index (χ1) is 13.1. The molecule has 4 N–H and O–H groups in total. The molecule has 2 heterocycles. The second-order valence-corrected chi connectivity index (χ2v) is 10.7. The molecule has 4 aliphatic carbocycles. The lowest BCUT2D eigenvalue weighted by Gasteiger charge is -2.74. The maximum atomic E-state index is 13.7. The highest BCUT2D eigenvalue weighted by atomic mass is 16.6. The van der Waals surface area contributed by atoms with Gasteiger partial charge < -0.3 is 29.9 Å². The Morgan fingerprint density at radius 1 is 1.21 bits per heavy atom. The molecule has 2 saturated heterocycles. The molecule has 4 saturated carbocycles. The van der Waals surface area contributed by atoms with Gasteiger partial charge in [0.05, 0.1) is 30.8 Å². The molecule has 0 aromatic carbocycles. The number of ketones is 1. The fourth-order valence-electron chi connectivity index (χ4n) is 8.46. The number of carbonyl (C=O) groups excluding carboxylic acids is 1. The van der Waals surface area contributed by atoms with E-state index in [-0.39, 0.29) is 30.3 Å². The summed E-state index contributed by atoms with van der Waals surface area (Å²) in [5.74, 6) is -3.88. The summed E-state index contributed by atoms with van der Waals surface area (Å²) >= 11 is 0. The topological polar surface area (TPSA) is 116 Å². The number of Topliss-reactive ketones (excluding diaryl/α,β-unsaturated/α-hetero) is 1. The van der Waals surface area contributed by atoms with Crippen molar-refractivity contribution in [2.45, 2.75) is 63.6 Å². The van der Waals surface area contributed by atoms with E-state index in [1.807, 2.05) is 13.8 Å². The predicted octanol–water partition coefficient (Wildman–Crippen LogP) is 0.0820. The van der Waals surface area contributed by atoms with Crippen molar-refractivity contribution < 1.29 is 34.7 Å². The van der Waals surface area contributed by atoms with Gasteiger partial charge in [0.15, 0.2) is 5.78 Å². The molecule has 2 aliphatic heterocycles. The fraction of sp³-hybridized carbons (Fsp3) is 0.952. The molecule has 4 bridgehead atoms. The third-order valence-electron chi connectivity index (χ3n) is 9.32. The van der Waals surface area contributed by atoms with E-state index >= 15 is 0 Å². The summed E-state index contributed by atoms with van der Waals surface area (Å²) in [6.07, 6.45) is -0.899. The summed E-state index contributed by atoms with van der Waals surface area (Å²) in [7, 11) is 1.54. The molecule has 0 aromatic rings. The van der Waals surface area contributed by atoms with Crippen LogP contribution in [0.2, 0.25) is 0 Å². The van der Waals surface area contributed by atoms with Crippen LogP contribution in [0.4, 0.5) is 0 Å². The van der Waals surface area contributed by atoms with Crippen LogP contribution in [-0.4, -0.2) is 70.6 Å². The molecule has 158 valence electrons. The second kappa shape index (κ2) is 5.56. The van der Waals surface area contributed by atoms with Gasteiger partial charge >= 0.3 is 0 Å². The molecule has 0 unspecified atom stereocenters. The number of ether oxygens (including phenoxy) is 2. The van der Waals surface area contributed by atoms with E-state index in [4.69, 9.17) is 9.47 Å². The van der Waals surface area contributed by atoms with Crippen molar-refractivity contribution in [1.82, 2.24) is 0 Å². The van der Waals surface area contributed by atoms with E-state index in [1.165, 1.54) is 7.11 Å². The third kappa shape index (κ3) is 1.82. The molecule has 0 radical (unpaired) electrons. The van der Waals surface area contributed by atoms with Gasteiger partial charge in [0.25, 0.3) is 0 Å². The minimum Gasteiger partial charge on any atom is -0.393 e. The zero-order chi connectivity index (χ0) is 20.3. The highest BCUT2D eigenvalue weighted by molar-refractivity contribution is 5.92. The van der Waals surface area contributed by atoms with Crippen molar-refractivity contribution in [3.8, 4) is 0 Å². The Labute approximate surface area is 165 Å². The van der Waals surface area contributed by atoms with Gasteiger partial charge in [0.2, 0.25) is 5.79 Å². The van der Waals surface area contributed by atoms with Gasteiger partial charge in [-0.1, -0.05) is 13.8 Å². The molecule has 28 heavy (non-hydrogen) atoms. The van der Waals surface area contributed by atoms with E-state index in [0.717, 1.165) is 0 Å². The van der Waals surface area contributed by atoms with Crippen LogP contribution < -0.4 is 0 Å². The first kappa shape index (κ1) is 19.4. The Kier molecular flexibility index (Phi) is 3.85. The smallest absolute Gasteiger partial charge is 0.205 e. The Hall–Kier alpha value is -0.570. The Bertz CT molecular complexity index is 709. The number of rotatable bonds is 2. The monoisotopic (exact) mass is 396 g/mol. The van der Waals surface area contributed by atoms with Gasteiger partial charge in [-0.2, -0.15) is 0 Å². The average Bonchev–Trinajstić information content (AvgIpc) is 2.83.